The zero-order valence-electron chi connectivity index (χ0n) is 25.2. The molecule has 0 amide bonds. The molecule has 2 aliphatic heterocycles. The van der Waals surface area contributed by atoms with Crippen molar-refractivity contribution in [2.75, 3.05) is 13.7 Å². The molecule has 9 heteroatoms. The van der Waals surface area contributed by atoms with Gasteiger partial charge in [-0.15, -0.1) is 0 Å². The Hall–Kier alpha value is -1.52. The first-order valence-electron chi connectivity index (χ1n) is 15.7. The van der Waals surface area contributed by atoms with Crippen LogP contribution in [-0.2, 0) is 33.3 Å². The van der Waals surface area contributed by atoms with E-state index in [0.717, 1.165) is 50.5 Å². The minimum absolute atomic E-state index is 0.0898. The lowest BCUT2D eigenvalue weighted by Crippen LogP contribution is -2.62. The molecule has 4 saturated carbocycles. The molecular formula is C32H48O9. The third-order valence-corrected chi connectivity index (χ3v) is 12.5. The SMILES string of the molecule is CO[C@@H]1C[C@H](O[C@@H]2CC[C@@]3(C)[C@H](CC[C@@H]4[C@@H]3CC[C@]3(C)[C@@H](C5=CC(=O)OC5)[C@@H](OC(C)=O)C[C@@]43O)C2)O[C@H](C)[C@@H]1O. The van der Waals surface area contributed by atoms with Gasteiger partial charge in [-0.05, 0) is 80.6 Å². The third-order valence-electron chi connectivity index (χ3n) is 12.5. The topological polar surface area (TPSA) is 121 Å². The molecule has 6 aliphatic rings. The minimum Gasteiger partial charge on any atom is -0.462 e. The number of ether oxygens (including phenoxy) is 5. The average molecular weight is 577 g/mol. The van der Waals surface area contributed by atoms with Crippen molar-refractivity contribution in [2.24, 2.45) is 34.5 Å². The van der Waals surface area contributed by atoms with Gasteiger partial charge in [0, 0.05) is 44.3 Å². The van der Waals surface area contributed by atoms with Crippen molar-refractivity contribution >= 4 is 11.9 Å². The summed E-state index contributed by atoms with van der Waals surface area (Å²) in [6.07, 6.45) is 7.14. The maximum absolute atomic E-state index is 12.7. The van der Waals surface area contributed by atoms with Crippen LogP contribution in [0.3, 0.4) is 0 Å². The number of hydrogen-bond donors (Lipinski definition) is 2. The third kappa shape index (κ3) is 4.69. The van der Waals surface area contributed by atoms with Crippen LogP contribution in [-0.4, -0.2) is 78.3 Å². The Morgan fingerprint density at radius 1 is 1.07 bits per heavy atom. The standard InChI is InChI=1S/C32H48O9/c1-17-29(35)24(37-5)14-27(39-17)41-21-8-10-30(3)20(13-21)6-7-23-22(30)9-11-31(4)28(19-12-26(34)38-16-19)25(40-18(2)33)15-32(23,31)36/h12,17,20-25,27-29,35-36H,6-11,13-16H2,1-5H3/t17-,20-,21-,22+,23-,24-,25+,27+,28+,29+,30+,31-,32-/m1/s1. The molecule has 9 nitrogen and oxygen atoms in total. The Bertz CT molecular complexity index is 1080. The summed E-state index contributed by atoms with van der Waals surface area (Å²) < 4.78 is 29.1. The molecule has 5 fully saturated rings. The van der Waals surface area contributed by atoms with Crippen molar-refractivity contribution < 1.29 is 43.5 Å². The van der Waals surface area contributed by atoms with Crippen molar-refractivity contribution in [3.8, 4) is 0 Å². The first-order valence-corrected chi connectivity index (χ1v) is 15.7. The molecule has 0 unspecified atom stereocenters. The van der Waals surface area contributed by atoms with Gasteiger partial charge in [0.2, 0.25) is 0 Å². The van der Waals surface area contributed by atoms with Crippen molar-refractivity contribution in [3.05, 3.63) is 11.6 Å². The van der Waals surface area contributed by atoms with Gasteiger partial charge in [0.25, 0.3) is 0 Å². The Morgan fingerprint density at radius 3 is 2.54 bits per heavy atom. The number of rotatable bonds is 5. The highest BCUT2D eigenvalue weighted by Gasteiger charge is 2.71. The van der Waals surface area contributed by atoms with Crippen molar-refractivity contribution in [1.29, 1.82) is 0 Å². The predicted octanol–water partition coefficient (Wildman–Crippen LogP) is 3.68. The van der Waals surface area contributed by atoms with E-state index in [9.17, 15) is 19.8 Å². The highest BCUT2D eigenvalue weighted by Crippen LogP contribution is 2.70. The van der Waals surface area contributed by atoms with Gasteiger partial charge in [0.1, 0.15) is 18.8 Å². The zero-order chi connectivity index (χ0) is 29.3. The lowest BCUT2D eigenvalue weighted by molar-refractivity contribution is -0.273. The quantitative estimate of drug-likeness (QED) is 0.373. The number of aliphatic hydroxyl groups excluding tert-OH is 1. The second kappa shape index (κ2) is 10.6. The van der Waals surface area contributed by atoms with Crippen molar-refractivity contribution in [2.45, 2.75) is 128 Å². The van der Waals surface area contributed by atoms with E-state index in [1.54, 1.807) is 13.2 Å². The highest BCUT2D eigenvalue weighted by atomic mass is 16.7. The molecule has 2 N–H and O–H groups in total. The van der Waals surface area contributed by atoms with Crippen LogP contribution in [0.1, 0.15) is 85.5 Å². The van der Waals surface area contributed by atoms with E-state index in [4.69, 9.17) is 23.7 Å². The second-order valence-corrected chi connectivity index (χ2v) is 14.3. The van der Waals surface area contributed by atoms with Gasteiger partial charge in [0.05, 0.1) is 23.9 Å². The van der Waals surface area contributed by atoms with Crippen LogP contribution in [0.2, 0.25) is 0 Å². The van der Waals surface area contributed by atoms with E-state index < -0.39 is 23.2 Å². The highest BCUT2D eigenvalue weighted by molar-refractivity contribution is 5.85. The molecule has 41 heavy (non-hydrogen) atoms. The molecule has 6 rings (SSSR count). The molecular weight excluding hydrogens is 528 g/mol. The molecule has 0 aromatic rings. The number of hydrogen-bond acceptors (Lipinski definition) is 9. The Labute approximate surface area is 243 Å². The van der Waals surface area contributed by atoms with E-state index in [0.29, 0.717) is 24.7 Å². The van der Waals surface area contributed by atoms with Crippen LogP contribution in [0.5, 0.6) is 0 Å². The van der Waals surface area contributed by atoms with Crippen LogP contribution in [0.25, 0.3) is 0 Å². The summed E-state index contributed by atoms with van der Waals surface area (Å²) in [7, 11) is 1.62. The molecule has 4 aliphatic carbocycles. The van der Waals surface area contributed by atoms with E-state index >= 15 is 0 Å². The van der Waals surface area contributed by atoms with Crippen molar-refractivity contribution in [3.63, 3.8) is 0 Å². The number of cyclic esters (lactones) is 1. The second-order valence-electron chi connectivity index (χ2n) is 14.3. The number of methoxy groups -OCH3 is 1. The lowest BCUT2D eigenvalue weighted by atomic mass is 9.43. The Morgan fingerprint density at radius 2 is 1.85 bits per heavy atom. The van der Waals surface area contributed by atoms with Gasteiger partial charge in [-0.3, -0.25) is 4.79 Å². The molecule has 230 valence electrons. The summed E-state index contributed by atoms with van der Waals surface area (Å²) in [4.78, 5) is 24.2. The molecule has 13 atom stereocenters. The zero-order valence-corrected chi connectivity index (χ0v) is 25.2. The van der Waals surface area contributed by atoms with Crippen LogP contribution >= 0.6 is 0 Å². The molecule has 0 bridgehead atoms. The van der Waals surface area contributed by atoms with Crippen LogP contribution in [0.15, 0.2) is 11.6 Å². The molecule has 1 saturated heterocycles. The van der Waals surface area contributed by atoms with Crippen LogP contribution < -0.4 is 0 Å². The summed E-state index contributed by atoms with van der Waals surface area (Å²) in [5.74, 6) is 0.0175. The summed E-state index contributed by atoms with van der Waals surface area (Å²) in [5, 5.41) is 23.0. The first kappa shape index (κ1) is 29.5. The monoisotopic (exact) mass is 576 g/mol. The smallest absolute Gasteiger partial charge is 0.331 e. The normalized spacial score (nSPS) is 51.2. The van der Waals surface area contributed by atoms with E-state index in [-0.39, 0.29) is 60.4 Å². The maximum Gasteiger partial charge on any atom is 0.331 e. The van der Waals surface area contributed by atoms with Gasteiger partial charge in [-0.25, -0.2) is 4.79 Å². The van der Waals surface area contributed by atoms with E-state index in [1.165, 1.54) is 6.92 Å². The largest absolute Gasteiger partial charge is 0.462 e. The number of aliphatic hydroxyl groups is 2. The first-order chi connectivity index (χ1) is 19.4. The summed E-state index contributed by atoms with van der Waals surface area (Å²) in [6, 6.07) is 0. The molecule has 0 aromatic heterocycles. The predicted molar refractivity (Wildman–Crippen MR) is 147 cm³/mol. The van der Waals surface area contributed by atoms with Gasteiger partial charge < -0.3 is 33.9 Å². The fourth-order valence-electron chi connectivity index (χ4n) is 10.4. The maximum atomic E-state index is 12.7. The fraction of sp³-hybridized carbons (Fsp3) is 0.875. The Kier molecular flexibility index (Phi) is 7.62. The number of esters is 2. The van der Waals surface area contributed by atoms with E-state index in [1.807, 2.05) is 6.92 Å². The molecule has 2 heterocycles. The molecule has 0 aromatic carbocycles. The van der Waals surface area contributed by atoms with E-state index in [2.05, 4.69) is 13.8 Å². The van der Waals surface area contributed by atoms with Crippen LogP contribution in [0, 0.1) is 34.5 Å². The molecule has 0 spiro atoms. The van der Waals surface area contributed by atoms with Gasteiger partial charge in [0.15, 0.2) is 6.29 Å². The van der Waals surface area contributed by atoms with Crippen molar-refractivity contribution in [1.82, 2.24) is 0 Å². The molecule has 0 radical (unpaired) electrons. The van der Waals surface area contributed by atoms with Gasteiger partial charge in [-0.2, -0.15) is 0 Å². The summed E-state index contributed by atoms with van der Waals surface area (Å²) in [5.41, 5.74) is -0.559. The summed E-state index contributed by atoms with van der Waals surface area (Å²) in [6.45, 7) is 8.06. The lowest BCUT2D eigenvalue weighted by Gasteiger charge is -2.63. The summed E-state index contributed by atoms with van der Waals surface area (Å²) >= 11 is 0. The number of carbonyl (C=O) groups excluding carboxylic acids is 2. The fourth-order valence-corrected chi connectivity index (χ4v) is 10.4. The number of carbonyl (C=O) groups is 2. The van der Waals surface area contributed by atoms with Gasteiger partial charge >= 0.3 is 11.9 Å². The van der Waals surface area contributed by atoms with Crippen LogP contribution in [0.4, 0.5) is 0 Å². The number of fused-ring (bicyclic) bond motifs is 5. The average Bonchev–Trinajstić information content (AvgIpc) is 3.42. The van der Waals surface area contributed by atoms with Gasteiger partial charge in [-0.1, -0.05) is 13.8 Å². The Balaban J connectivity index is 1.19. The minimum atomic E-state index is -0.990.